The van der Waals surface area contributed by atoms with Crippen LogP contribution in [-0.2, 0) is 4.79 Å². The monoisotopic (exact) mass is 473 g/mol. The standard InChI is InChI=1S/C24H27F3N6O/c1-13(15-6-5-7-16(21(15)25)22(26)27)30-24(34)17-10-19(14(11-28)12-29-2)32-33-20-9-4-3-8-18(20)31-23(17)33/h5-7,10-13,18,20,22,28-29H,3-4,8-9H2,1-2H3,(H,30,34)/p+1/b14-12+,28-11?/t13-,18-,20+/m1/s1. The highest BCUT2D eigenvalue weighted by Gasteiger charge is 2.42. The number of amides is 1. The fraction of sp³-hybridized carbons (Fsp3) is 0.417. The zero-order valence-corrected chi connectivity index (χ0v) is 19.1. The van der Waals surface area contributed by atoms with Gasteiger partial charge in [-0.1, -0.05) is 31.0 Å². The van der Waals surface area contributed by atoms with Crippen molar-refractivity contribution in [1.82, 2.24) is 10.3 Å². The van der Waals surface area contributed by atoms with Gasteiger partial charge in [0, 0.05) is 11.8 Å². The molecular weight excluding hydrogens is 445 g/mol. The SMILES string of the molecule is C[NH2+]/C=C(\C=N)C1=NN2C(=N[C@@H]3CCCC[C@@H]32)C(C(=O)N[C@H](C)c2cccc(C(F)F)c2F)=C1. The van der Waals surface area contributed by atoms with Gasteiger partial charge in [-0.25, -0.2) is 18.2 Å². The number of halogens is 3. The number of nitrogens with two attached hydrogens (primary N) is 1. The van der Waals surface area contributed by atoms with Crippen molar-refractivity contribution in [2.75, 3.05) is 7.05 Å². The molecule has 34 heavy (non-hydrogen) atoms. The molecule has 1 saturated carbocycles. The Morgan fingerprint density at radius 3 is 2.74 bits per heavy atom. The van der Waals surface area contributed by atoms with Crippen molar-refractivity contribution in [3.8, 4) is 0 Å². The summed E-state index contributed by atoms with van der Waals surface area (Å²) in [4.78, 5) is 18.2. The van der Waals surface area contributed by atoms with Crippen LogP contribution in [0, 0.1) is 11.2 Å². The lowest BCUT2D eigenvalue weighted by Crippen LogP contribution is -2.73. The first kappa shape index (κ1) is 23.9. The van der Waals surface area contributed by atoms with Gasteiger partial charge in [0.2, 0.25) is 0 Å². The molecule has 4 N–H and O–H groups in total. The number of amidine groups is 1. The Morgan fingerprint density at radius 2 is 2.03 bits per heavy atom. The highest BCUT2D eigenvalue weighted by molar-refractivity contribution is 6.31. The molecule has 0 aromatic heterocycles. The Kier molecular flexibility index (Phi) is 6.97. The molecule has 0 bridgehead atoms. The number of carbonyl (C=O) groups is 1. The molecule has 1 aliphatic carbocycles. The first-order valence-electron chi connectivity index (χ1n) is 11.4. The smallest absolute Gasteiger partial charge is 0.266 e. The summed E-state index contributed by atoms with van der Waals surface area (Å²) in [6, 6.07) is 3.00. The van der Waals surface area contributed by atoms with Crippen LogP contribution in [0.15, 0.2) is 51.7 Å². The summed E-state index contributed by atoms with van der Waals surface area (Å²) >= 11 is 0. The number of nitrogens with zero attached hydrogens (tertiary/aromatic N) is 3. The number of benzene rings is 1. The van der Waals surface area contributed by atoms with E-state index >= 15 is 0 Å². The van der Waals surface area contributed by atoms with E-state index in [1.165, 1.54) is 18.3 Å². The van der Waals surface area contributed by atoms with Crippen LogP contribution in [-0.4, -0.2) is 47.8 Å². The molecule has 2 aliphatic heterocycles. The second kappa shape index (κ2) is 9.92. The molecule has 7 nitrogen and oxygen atoms in total. The van der Waals surface area contributed by atoms with Crippen LogP contribution in [0.25, 0.3) is 0 Å². The molecule has 4 rings (SSSR count). The molecule has 0 unspecified atom stereocenters. The minimum Gasteiger partial charge on any atom is -0.345 e. The third kappa shape index (κ3) is 4.42. The molecule has 1 fully saturated rings. The van der Waals surface area contributed by atoms with Crippen LogP contribution in [0.3, 0.4) is 0 Å². The normalized spacial score (nSPS) is 22.9. The van der Waals surface area contributed by atoms with Gasteiger partial charge in [-0.3, -0.25) is 9.79 Å². The largest absolute Gasteiger partial charge is 0.345 e. The van der Waals surface area contributed by atoms with E-state index in [0.29, 0.717) is 17.1 Å². The van der Waals surface area contributed by atoms with E-state index in [4.69, 9.17) is 15.5 Å². The molecule has 180 valence electrons. The molecule has 3 atom stereocenters. The van der Waals surface area contributed by atoms with Crippen LogP contribution >= 0.6 is 0 Å². The second-order valence-corrected chi connectivity index (χ2v) is 8.61. The van der Waals surface area contributed by atoms with E-state index in [1.54, 1.807) is 29.5 Å². The number of hydrogen-bond donors (Lipinski definition) is 3. The Hall–Kier alpha value is -3.27. The number of hydrogen-bond acceptors (Lipinski definition) is 5. The molecule has 1 aromatic rings. The van der Waals surface area contributed by atoms with Crippen molar-refractivity contribution in [2.45, 2.75) is 57.2 Å². The molecule has 2 heterocycles. The van der Waals surface area contributed by atoms with E-state index < -0.39 is 29.8 Å². The van der Waals surface area contributed by atoms with Gasteiger partial charge in [-0.05, 0) is 25.8 Å². The number of nitrogens with one attached hydrogen (secondary N) is 2. The van der Waals surface area contributed by atoms with Gasteiger partial charge in [-0.15, -0.1) is 0 Å². The maximum Gasteiger partial charge on any atom is 0.266 e. The Bertz CT molecular complexity index is 1110. The zero-order valence-electron chi connectivity index (χ0n) is 19.1. The maximum absolute atomic E-state index is 14.6. The first-order valence-corrected chi connectivity index (χ1v) is 11.4. The molecule has 0 saturated heterocycles. The van der Waals surface area contributed by atoms with Crippen molar-refractivity contribution in [1.29, 1.82) is 5.41 Å². The number of allylic oxidation sites excluding steroid dienone is 2. The fourth-order valence-electron chi connectivity index (χ4n) is 4.68. The third-order valence-electron chi connectivity index (χ3n) is 6.40. The number of hydrazone groups is 1. The maximum atomic E-state index is 14.6. The van der Waals surface area contributed by atoms with Gasteiger partial charge in [-0.2, -0.15) is 5.10 Å². The number of aliphatic imine (C=N–C) groups is 1. The van der Waals surface area contributed by atoms with Crippen molar-refractivity contribution in [3.05, 3.63) is 58.6 Å². The molecule has 1 aromatic carbocycles. The number of alkyl halides is 2. The van der Waals surface area contributed by atoms with E-state index in [1.807, 2.05) is 7.05 Å². The summed E-state index contributed by atoms with van der Waals surface area (Å²) in [6.07, 6.45) is 5.45. The Labute approximate surface area is 196 Å². The molecule has 3 aliphatic rings. The van der Waals surface area contributed by atoms with Crippen LogP contribution < -0.4 is 10.6 Å². The van der Waals surface area contributed by atoms with Crippen molar-refractivity contribution >= 4 is 23.7 Å². The van der Waals surface area contributed by atoms with Crippen LogP contribution in [0.1, 0.15) is 56.2 Å². The van der Waals surface area contributed by atoms with E-state index in [-0.39, 0.29) is 23.2 Å². The van der Waals surface area contributed by atoms with Crippen molar-refractivity contribution in [3.63, 3.8) is 0 Å². The topological polar surface area (TPSA) is 97.5 Å². The summed E-state index contributed by atoms with van der Waals surface area (Å²) in [5.74, 6) is -1.07. The minimum absolute atomic E-state index is 0.0176. The number of fused-ring (bicyclic) bond motifs is 3. The highest BCUT2D eigenvalue weighted by Crippen LogP contribution is 2.35. The third-order valence-corrected chi connectivity index (χ3v) is 6.40. The quantitative estimate of drug-likeness (QED) is 0.531. The molecular formula is C24H28F3N6O+. The van der Waals surface area contributed by atoms with Crippen molar-refractivity contribution in [2.24, 2.45) is 10.1 Å². The summed E-state index contributed by atoms with van der Waals surface area (Å²) in [5.41, 5.74) is 0.546. The van der Waals surface area contributed by atoms with E-state index in [2.05, 4.69) is 5.32 Å². The highest BCUT2D eigenvalue weighted by atomic mass is 19.3. The Morgan fingerprint density at radius 1 is 1.29 bits per heavy atom. The number of rotatable bonds is 7. The van der Waals surface area contributed by atoms with Gasteiger partial charge in [0.15, 0.2) is 5.84 Å². The van der Waals surface area contributed by atoms with Gasteiger partial charge >= 0.3 is 0 Å². The van der Waals surface area contributed by atoms with Gasteiger partial charge in [0.25, 0.3) is 12.3 Å². The van der Waals surface area contributed by atoms with Gasteiger partial charge in [0.1, 0.15) is 12.0 Å². The van der Waals surface area contributed by atoms with Crippen LogP contribution in [0.5, 0.6) is 0 Å². The molecule has 10 heteroatoms. The van der Waals surface area contributed by atoms with Crippen molar-refractivity contribution < 1.29 is 23.3 Å². The van der Waals surface area contributed by atoms with E-state index in [9.17, 15) is 18.0 Å². The van der Waals surface area contributed by atoms with Gasteiger partial charge < -0.3 is 16.0 Å². The average molecular weight is 474 g/mol. The lowest BCUT2D eigenvalue weighted by molar-refractivity contribution is -0.556. The van der Waals surface area contributed by atoms with Crippen LogP contribution in [0.2, 0.25) is 0 Å². The first-order chi connectivity index (χ1) is 16.3. The zero-order chi connectivity index (χ0) is 24.4. The average Bonchev–Trinajstić information content (AvgIpc) is 3.20. The lowest BCUT2D eigenvalue weighted by Gasteiger charge is -2.32. The predicted molar refractivity (Wildman–Crippen MR) is 123 cm³/mol. The second-order valence-electron chi connectivity index (χ2n) is 8.61. The number of quaternary nitrogens is 1. The Balaban J connectivity index is 1.67. The molecule has 0 spiro atoms. The summed E-state index contributed by atoms with van der Waals surface area (Å²) in [7, 11) is 1.83. The molecule has 1 amide bonds. The summed E-state index contributed by atoms with van der Waals surface area (Å²) in [6.45, 7) is 1.55. The van der Waals surface area contributed by atoms with E-state index in [0.717, 1.165) is 31.7 Å². The molecule has 0 radical (unpaired) electrons. The predicted octanol–water partition coefficient (Wildman–Crippen LogP) is 2.99. The fourth-order valence-corrected chi connectivity index (χ4v) is 4.68. The summed E-state index contributed by atoms with van der Waals surface area (Å²) < 4.78 is 40.9. The lowest BCUT2D eigenvalue weighted by atomic mass is 9.91. The minimum atomic E-state index is -2.95. The summed E-state index contributed by atoms with van der Waals surface area (Å²) in [5, 5.41) is 18.8. The van der Waals surface area contributed by atoms with Crippen LogP contribution in [0.4, 0.5) is 13.2 Å². The van der Waals surface area contributed by atoms with Gasteiger partial charge in [0.05, 0.1) is 47.6 Å². The number of carbonyl (C=O) groups excluding carboxylic acids is 1.